The van der Waals surface area contributed by atoms with E-state index in [9.17, 15) is 9.90 Å². The minimum absolute atomic E-state index is 0.0362. The average molecular weight is 305 g/mol. The molecule has 3 N–H and O–H groups in total. The number of nitrogens with one attached hydrogen (secondary N) is 1. The molecule has 0 unspecified atom stereocenters. The molecule has 6 heteroatoms. The van der Waals surface area contributed by atoms with E-state index in [4.69, 9.17) is 5.11 Å². The van der Waals surface area contributed by atoms with Gasteiger partial charge in [0, 0.05) is 31.4 Å². The van der Waals surface area contributed by atoms with Gasteiger partial charge in [-0.25, -0.2) is 4.79 Å². The first-order valence-corrected chi connectivity index (χ1v) is 7.94. The van der Waals surface area contributed by atoms with Crippen molar-refractivity contribution < 1.29 is 15.0 Å². The molecule has 1 aliphatic carbocycles. The fourth-order valence-electron chi connectivity index (χ4n) is 3.75. The molecule has 3 rings (SSSR count). The number of aliphatic hydroxyl groups is 1. The Labute approximate surface area is 130 Å². The standard InChI is InChI=1S/C16H23N3O3/c20-15(21)18-12-6-10-19(11-12)13-4-7-16(22,8-5-13)14-3-1-2-9-17-14/h1-3,9,12-13,18,22H,4-8,10-11H2,(H,20,21)/t12-,13-,16+/m1/s1. The molecule has 0 aromatic carbocycles. The molecule has 1 saturated carbocycles. The Bertz CT molecular complexity index is 515. The van der Waals surface area contributed by atoms with Crippen LogP contribution in [0.5, 0.6) is 0 Å². The highest BCUT2D eigenvalue weighted by atomic mass is 16.4. The molecule has 2 aliphatic rings. The van der Waals surface area contributed by atoms with Gasteiger partial charge in [-0.2, -0.15) is 0 Å². The van der Waals surface area contributed by atoms with Crippen molar-refractivity contribution in [2.75, 3.05) is 13.1 Å². The molecule has 22 heavy (non-hydrogen) atoms. The zero-order valence-electron chi connectivity index (χ0n) is 12.6. The first kappa shape index (κ1) is 15.2. The summed E-state index contributed by atoms with van der Waals surface area (Å²) in [5.74, 6) is 0. The van der Waals surface area contributed by atoms with E-state index < -0.39 is 11.7 Å². The van der Waals surface area contributed by atoms with Gasteiger partial charge >= 0.3 is 6.09 Å². The Morgan fingerprint density at radius 1 is 1.32 bits per heavy atom. The van der Waals surface area contributed by atoms with Gasteiger partial charge in [0.05, 0.1) is 5.69 Å². The van der Waals surface area contributed by atoms with Gasteiger partial charge in [0.15, 0.2) is 0 Å². The van der Waals surface area contributed by atoms with Gasteiger partial charge < -0.3 is 15.5 Å². The third kappa shape index (κ3) is 3.23. The fourth-order valence-corrected chi connectivity index (χ4v) is 3.75. The number of nitrogens with zero attached hydrogens (tertiary/aromatic N) is 2. The summed E-state index contributed by atoms with van der Waals surface area (Å²) in [6.45, 7) is 1.70. The normalized spacial score (nSPS) is 32.8. The van der Waals surface area contributed by atoms with E-state index in [1.54, 1.807) is 6.20 Å². The Kier molecular flexibility index (Phi) is 4.31. The van der Waals surface area contributed by atoms with Crippen LogP contribution in [-0.4, -0.2) is 51.4 Å². The molecule has 1 saturated heterocycles. The number of hydrogen-bond donors (Lipinski definition) is 3. The lowest BCUT2D eigenvalue weighted by atomic mass is 9.79. The van der Waals surface area contributed by atoms with E-state index in [-0.39, 0.29) is 6.04 Å². The summed E-state index contributed by atoms with van der Waals surface area (Å²) >= 11 is 0. The maximum atomic E-state index is 10.8. The van der Waals surface area contributed by atoms with Gasteiger partial charge in [0.1, 0.15) is 5.60 Å². The van der Waals surface area contributed by atoms with E-state index >= 15 is 0 Å². The van der Waals surface area contributed by atoms with Crippen LogP contribution in [0, 0.1) is 0 Å². The Morgan fingerprint density at radius 2 is 2.09 bits per heavy atom. The van der Waals surface area contributed by atoms with Crippen molar-refractivity contribution in [3.63, 3.8) is 0 Å². The van der Waals surface area contributed by atoms with Crippen molar-refractivity contribution in [3.05, 3.63) is 30.1 Å². The molecule has 1 atom stereocenters. The minimum Gasteiger partial charge on any atom is -0.465 e. The van der Waals surface area contributed by atoms with E-state index in [2.05, 4.69) is 15.2 Å². The molecule has 1 aromatic heterocycles. The fraction of sp³-hybridized carbons (Fsp3) is 0.625. The Hall–Kier alpha value is -1.66. The quantitative estimate of drug-likeness (QED) is 0.789. The summed E-state index contributed by atoms with van der Waals surface area (Å²) in [7, 11) is 0. The number of hydrogen-bond acceptors (Lipinski definition) is 4. The van der Waals surface area contributed by atoms with Crippen LogP contribution in [0.4, 0.5) is 4.79 Å². The summed E-state index contributed by atoms with van der Waals surface area (Å²) in [6, 6.07) is 6.13. The highest BCUT2D eigenvalue weighted by molar-refractivity contribution is 5.64. The topological polar surface area (TPSA) is 85.7 Å². The second-order valence-corrected chi connectivity index (χ2v) is 6.41. The van der Waals surface area contributed by atoms with Gasteiger partial charge in [0.25, 0.3) is 0 Å². The molecule has 2 heterocycles. The maximum absolute atomic E-state index is 10.8. The van der Waals surface area contributed by atoms with Crippen LogP contribution in [0.15, 0.2) is 24.4 Å². The lowest BCUT2D eigenvalue weighted by Crippen LogP contribution is -2.43. The van der Waals surface area contributed by atoms with E-state index in [1.807, 2.05) is 18.2 Å². The van der Waals surface area contributed by atoms with Gasteiger partial charge in [-0.05, 0) is 44.2 Å². The van der Waals surface area contributed by atoms with Crippen molar-refractivity contribution in [2.24, 2.45) is 0 Å². The molecular formula is C16H23N3O3. The average Bonchev–Trinajstić information content (AvgIpc) is 2.96. The third-order valence-corrected chi connectivity index (χ3v) is 4.99. The lowest BCUT2D eigenvalue weighted by Gasteiger charge is -2.39. The Morgan fingerprint density at radius 3 is 2.73 bits per heavy atom. The number of pyridine rings is 1. The first-order chi connectivity index (χ1) is 10.6. The highest BCUT2D eigenvalue weighted by Crippen LogP contribution is 2.38. The molecule has 1 aliphatic heterocycles. The zero-order valence-corrected chi connectivity index (χ0v) is 12.6. The van der Waals surface area contributed by atoms with Gasteiger partial charge in [-0.1, -0.05) is 6.07 Å². The second kappa shape index (κ2) is 6.22. The molecule has 1 amide bonds. The molecule has 120 valence electrons. The van der Waals surface area contributed by atoms with Crippen LogP contribution in [-0.2, 0) is 5.60 Å². The molecule has 2 fully saturated rings. The van der Waals surface area contributed by atoms with Crippen molar-refractivity contribution >= 4 is 6.09 Å². The minimum atomic E-state index is -0.944. The summed E-state index contributed by atoms with van der Waals surface area (Å²) < 4.78 is 0. The maximum Gasteiger partial charge on any atom is 0.404 e. The van der Waals surface area contributed by atoms with Crippen molar-refractivity contribution in [2.45, 2.75) is 49.8 Å². The largest absolute Gasteiger partial charge is 0.465 e. The summed E-state index contributed by atoms with van der Waals surface area (Å²) in [5, 5.41) is 22.2. The van der Waals surface area contributed by atoms with Crippen LogP contribution in [0.3, 0.4) is 0 Å². The monoisotopic (exact) mass is 305 g/mol. The van der Waals surface area contributed by atoms with Crippen LogP contribution in [0.25, 0.3) is 0 Å². The van der Waals surface area contributed by atoms with Gasteiger partial charge in [-0.15, -0.1) is 0 Å². The number of carbonyl (C=O) groups is 1. The SMILES string of the molecule is O=C(O)N[C@@H]1CCN([C@H]2CC[C@](O)(c3ccccn3)CC2)C1. The van der Waals surface area contributed by atoms with E-state index in [0.717, 1.165) is 38.0 Å². The van der Waals surface area contributed by atoms with Crippen LogP contribution >= 0.6 is 0 Å². The van der Waals surface area contributed by atoms with Gasteiger partial charge in [-0.3, -0.25) is 9.88 Å². The second-order valence-electron chi connectivity index (χ2n) is 6.41. The number of aromatic nitrogens is 1. The van der Waals surface area contributed by atoms with Gasteiger partial charge in [0.2, 0.25) is 0 Å². The van der Waals surface area contributed by atoms with E-state index in [0.29, 0.717) is 18.9 Å². The molecular weight excluding hydrogens is 282 g/mol. The molecule has 0 bridgehead atoms. The number of carboxylic acid groups (broad SMARTS) is 1. The molecule has 0 radical (unpaired) electrons. The predicted molar refractivity (Wildman–Crippen MR) is 81.5 cm³/mol. The number of amides is 1. The smallest absolute Gasteiger partial charge is 0.404 e. The van der Waals surface area contributed by atoms with Crippen LogP contribution in [0.2, 0.25) is 0 Å². The van der Waals surface area contributed by atoms with Crippen molar-refractivity contribution in [1.29, 1.82) is 0 Å². The number of likely N-dealkylation sites (tertiary alicyclic amines) is 1. The van der Waals surface area contributed by atoms with Crippen molar-refractivity contribution in [3.8, 4) is 0 Å². The Balaban J connectivity index is 1.55. The summed E-state index contributed by atoms with van der Waals surface area (Å²) in [5.41, 5.74) is -0.0452. The molecule has 1 aromatic rings. The van der Waals surface area contributed by atoms with Crippen LogP contribution in [0.1, 0.15) is 37.8 Å². The first-order valence-electron chi connectivity index (χ1n) is 7.94. The van der Waals surface area contributed by atoms with E-state index in [1.165, 1.54) is 0 Å². The summed E-state index contributed by atoms with van der Waals surface area (Å²) in [6.07, 6.45) is 4.92. The highest BCUT2D eigenvalue weighted by Gasteiger charge is 2.39. The van der Waals surface area contributed by atoms with Crippen LogP contribution < -0.4 is 5.32 Å². The molecule has 6 nitrogen and oxygen atoms in total. The lowest BCUT2D eigenvalue weighted by molar-refractivity contribution is -0.0257. The molecule has 0 spiro atoms. The number of rotatable bonds is 3. The third-order valence-electron chi connectivity index (χ3n) is 4.99. The zero-order chi connectivity index (χ0) is 15.6. The summed E-state index contributed by atoms with van der Waals surface area (Å²) in [4.78, 5) is 17.4. The predicted octanol–water partition coefficient (Wildman–Crippen LogP) is 1.55. The van der Waals surface area contributed by atoms with Crippen molar-refractivity contribution in [1.82, 2.24) is 15.2 Å².